The predicted molar refractivity (Wildman–Crippen MR) is 128 cm³/mol. The average Bonchev–Trinajstić information content (AvgIpc) is 2.79. The molecule has 32 heavy (non-hydrogen) atoms. The number of amides is 2. The van der Waals surface area contributed by atoms with Gasteiger partial charge in [-0.05, 0) is 49.6 Å². The summed E-state index contributed by atoms with van der Waals surface area (Å²) in [5.74, 6) is 0.872. The summed E-state index contributed by atoms with van der Waals surface area (Å²) >= 11 is 12.7. The highest BCUT2D eigenvalue weighted by Crippen LogP contribution is 2.29. The highest BCUT2D eigenvalue weighted by atomic mass is 35.5. The molecule has 174 valence electrons. The fourth-order valence-corrected chi connectivity index (χ4v) is 4.01. The van der Waals surface area contributed by atoms with Crippen molar-refractivity contribution in [3.63, 3.8) is 0 Å². The largest absolute Gasteiger partial charge is 0.493 e. The Morgan fingerprint density at radius 2 is 1.69 bits per heavy atom. The first kappa shape index (κ1) is 25.8. The second-order valence-electron chi connectivity index (χ2n) is 7.23. The van der Waals surface area contributed by atoms with E-state index in [0.717, 1.165) is 5.56 Å². The molecular weight excluding hydrogens is 451 g/mol. The van der Waals surface area contributed by atoms with Crippen LogP contribution in [-0.4, -0.2) is 43.5 Å². The normalized spacial score (nSPS) is 11.6. The van der Waals surface area contributed by atoms with Gasteiger partial charge in [-0.3, -0.25) is 9.59 Å². The lowest BCUT2D eigenvalue weighted by Gasteiger charge is -2.31. The van der Waals surface area contributed by atoms with Crippen molar-refractivity contribution >= 4 is 35.0 Å². The number of aryl methyl sites for hydroxylation is 1. The topological polar surface area (TPSA) is 67.9 Å². The molecule has 0 saturated carbocycles. The Bertz CT molecular complexity index is 916. The lowest BCUT2D eigenvalue weighted by atomic mass is 10.1. The third-order valence-electron chi connectivity index (χ3n) is 5.20. The number of nitrogens with one attached hydrogen (secondary N) is 1. The first-order valence-corrected chi connectivity index (χ1v) is 11.3. The summed E-state index contributed by atoms with van der Waals surface area (Å²) in [6.07, 6.45) is 1.17. The minimum absolute atomic E-state index is 0.152. The number of carbonyl (C=O) groups is 2. The number of methoxy groups -OCH3 is 2. The Morgan fingerprint density at radius 3 is 2.25 bits per heavy atom. The molecule has 2 aromatic carbocycles. The van der Waals surface area contributed by atoms with Gasteiger partial charge in [0.05, 0.1) is 14.2 Å². The van der Waals surface area contributed by atoms with Gasteiger partial charge in [0.2, 0.25) is 11.8 Å². The van der Waals surface area contributed by atoms with Gasteiger partial charge in [0.1, 0.15) is 6.04 Å². The Hall–Kier alpha value is -2.44. The van der Waals surface area contributed by atoms with E-state index in [2.05, 4.69) is 5.32 Å². The van der Waals surface area contributed by atoms with Crippen LogP contribution in [0.1, 0.15) is 37.8 Å². The maximum absolute atomic E-state index is 13.3. The van der Waals surface area contributed by atoms with Crippen LogP contribution in [0.25, 0.3) is 0 Å². The Kier molecular flexibility index (Phi) is 10.1. The maximum atomic E-state index is 13.3. The molecule has 2 aromatic rings. The van der Waals surface area contributed by atoms with Gasteiger partial charge in [-0.15, -0.1) is 0 Å². The van der Waals surface area contributed by atoms with Crippen LogP contribution < -0.4 is 14.8 Å². The van der Waals surface area contributed by atoms with Gasteiger partial charge in [0, 0.05) is 35.1 Å². The van der Waals surface area contributed by atoms with Crippen LogP contribution >= 0.6 is 23.2 Å². The highest BCUT2D eigenvalue weighted by molar-refractivity contribution is 6.36. The van der Waals surface area contributed by atoms with E-state index < -0.39 is 6.04 Å². The zero-order chi connectivity index (χ0) is 23.7. The number of benzene rings is 2. The summed E-state index contributed by atoms with van der Waals surface area (Å²) in [7, 11) is 3.14. The van der Waals surface area contributed by atoms with E-state index in [9.17, 15) is 9.59 Å². The molecule has 0 aliphatic heterocycles. The number of hydrogen-bond acceptors (Lipinski definition) is 4. The van der Waals surface area contributed by atoms with Crippen molar-refractivity contribution in [2.75, 3.05) is 20.8 Å². The first-order valence-electron chi connectivity index (χ1n) is 10.6. The summed E-state index contributed by atoms with van der Waals surface area (Å²) < 4.78 is 10.6. The lowest BCUT2D eigenvalue weighted by molar-refractivity contribution is -0.141. The van der Waals surface area contributed by atoms with Gasteiger partial charge in [0.15, 0.2) is 11.5 Å². The fraction of sp³-hybridized carbons (Fsp3) is 0.417. The molecule has 8 heteroatoms. The molecule has 0 heterocycles. The van der Waals surface area contributed by atoms with E-state index in [1.54, 1.807) is 37.3 Å². The second-order valence-corrected chi connectivity index (χ2v) is 8.04. The number of carbonyl (C=O) groups excluding carboxylic acids is 2. The molecule has 0 bridgehead atoms. The van der Waals surface area contributed by atoms with Gasteiger partial charge < -0.3 is 19.7 Å². The highest BCUT2D eigenvalue weighted by Gasteiger charge is 2.29. The van der Waals surface area contributed by atoms with Gasteiger partial charge in [-0.2, -0.15) is 0 Å². The summed E-state index contributed by atoms with van der Waals surface area (Å²) in [5.41, 5.74) is 1.55. The van der Waals surface area contributed by atoms with Crippen molar-refractivity contribution in [1.82, 2.24) is 10.2 Å². The zero-order valence-electron chi connectivity index (χ0n) is 18.9. The summed E-state index contributed by atoms with van der Waals surface area (Å²) in [5, 5.41) is 3.74. The quantitative estimate of drug-likeness (QED) is 0.497. The molecule has 1 N–H and O–H groups in total. The number of halogens is 2. The Balaban J connectivity index is 2.27. The van der Waals surface area contributed by atoms with E-state index in [1.165, 1.54) is 0 Å². The molecule has 2 amide bonds. The van der Waals surface area contributed by atoms with Crippen LogP contribution in [-0.2, 0) is 22.6 Å². The molecule has 0 radical (unpaired) electrons. The molecule has 0 aromatic heterocycles. The van der Waals surface area contributed by atoms with E-state index in [4.69, 9.17) is 32.7 Å². The van der Waals surface area contributed by atoms with E-state index >= 15 is 0 Å². The van der Waals surface area contributed by atoms with E-state index in [1.807, 2.05) is 32.0 Å². The molecule has 0 fully saturated rings. The van der Waals surface area contributed by atoms with Crippen LogP contribution in [0.3, 0.4) is 0 Å². The lowest BCUT2D eigenvalue weighted by Crippen LogP contribution is -2.49. The molecule has 0 spiro atoms. The molecule has 6 nitrogen and oxygen atoms in total. The molecule has 2 rings (SSSR count). The van der Waals surface area contributed by atoms with Crippen molar-refractivity contribution in [1.29, 1.82) is 0 Å². The molecule has 0 saturated heterocycles. The van der Waals surface area contributed by atoms with E-state index in [-0.39, 0.29) is 24.8 Å². The second kappa shape index (κ2) is 12.6. The van der Waals surface area contributed by atoms with Gasteiger partial charge in [-0.1, -0.05) is 42.3 Å². The predicted octanol–water partition coefficient (Wildman–Crippen LogP) is 4.89. The van der Waals surface area contributed by atoms with Crippen molar-refractivity contribution in [3.8, 4) is 11.5 Å². The summed E-state index contributed by atoms with van der Waals surface area (Å²) in [6, 6.07) is 10.1. The summed E-state index contributed by atoms with van der Waals surface area (Å²) in [6.45, 7) is 4.36. The third-order valence-corrected chi connectivity index (χ3v) is 5.91. The average molecular weight is 481 g/mol. The standard InChI is InChI=1S/C24H30Cl2N2O4/c1-5-20(24(30)27-6-2)28(15-17-18(25)8-7-9-19(17)26)23(29)13-11-16-10-12-21(31-3)22(14-16)32-4/h7-10,12,14,20H,5-6,11,13,15H2,1-4H3,(H,27,30)/t20-/m0/s1. The molecule has 0 aliphatic rings. The first-order chi connectivity index (χ1) is 15.4. The van der Waals surface area contributed by atoms with Crippen LogP contribution in [0, 0.1) is 0 Å². The number of ether oxygens (including phenoxy) is 2. The minimum Gasteiger partial charge on any atom is -0.493 e. The van der Waals surface area contributed by atoms with Crippen LogP contribution in [0.15, 0.2) is 36.4 Å². The van der Waals surface area contributed by atoms with E-state index in [0.29, 0.717) is 46.5 Å². The minimum atomic E-state index is -0.625. The SMILES string of the molecule is CCNC(=O)[C@H](CC)N(Cc1c(Cl)cccc1Cl)C(=O)CCc1ccc(OC)c(OC)c1. The zero-order valence-corrected chi connectivity index (χ0v) is 20.4. The van der Waals surface area contributed by atoms with Crippen LogP contribution in [0.2, 0.25) is 10.0 Å². The van der Waals surface area contributed by atoms with Gasteiger partial charge >= 0.3 is 0 Å². The van der Waals surface area contributed by atoms with Crippen molar-refractivity contribution in [2.45, 2.75) is 45.7 Å². The van der Waals surface area contributed by atoms with Crippen molar-refractivity contribution < 1.29 is 19.1 Å². The smallest absolute Gasteiger partial charge is 0.242 e. The molecular formula is C24H30Cl2N2O4. The van der Waals surface area contributed by atoms with Gasteiger partial charge in [-0.25, -0.2) is 0 Å². The number of likely N-dealkylation sites (N-methyl/N-ethyl adjacent to an activating group) is 1. The van der Waals surface area contributed by atoms with Crippen molar-refractivity contribution in [3.05, 3.63) is 57.6 Å². The van der Waals surface area contributed by atoms with Crippen molar-refractivity contribution in [2.24, 2.45) is 0 Å². The Morgan fingerprint density at radius 1 is 1.03 bits per heavy atom. The molecule has 0 aliphatic carbocycles. The molecule has 0 unspecified atom stereocenters. The number of nitrogens with zero attached hydrogens (tertiary/aromatic N) is 1. The molecule has 1 atom stereocenters. The van der Waals surface area contributed by atoms with Crippen LogP contribution in [0.5, 0.6) is 11.5 Å². The van der Waals surface area contributed by atoms with Crippen LogP contribution in [0.4, 0.5) is 0 Å². The monoisotopic (exact) mass is 480 g/mol. The maximum Gasteiger partial charge on any atom is 0.242 e. The number of rotatable bonds is 11. The fourth-order valence-electron chi connectivity index (χ4n) is 3.50. The van der Waals surface area contributed by atoms with Gasteiger partial charge in [0.25, 0.3) is 0 Å². The number of hydrogen-bond donors (Lipinski definition) is 1. The Labute approximate surface area is 199 Å². The summed E-state index contributed by atoms with van der Waals surface area (Å²) in [4.78, 5) is 27.6. The third kappa shape index (κ3) is 6.53.